The van der Waals surface area contributed by atoms with Crippen molar-refractivity contribution in [2.75, 3.05) is 21.2 Å². The second-order valence-electron chi connectivity index (χ2n) is 4.88. The Morgan fingerprint density at radius 2 is 2.00 bits per heavy atom. The largest absolute Gasteiger partial charge is 0.494 e. The molecule has 0 unspecified atom stereocenters. The van der Waals surface area contributed by atoms with E-state index < -0.39 is 15.8 Å². The minimum absolute atomic E-state index is 0.141. The number of hydrogen-bond donors (Lipinski definition) is 0. The summed E-state index contributed by atoms with van der Waals surface area (Å²) < 4.78 is 43.5. The molecule has 0 saturated heterocycles. The molecule has 1 aromatic carbocycles. The molecule has 0 aliphatic rings. The van der Waals surface area contributed by atoms with Crippen molar-refractivity contribution in [3.05, 3.63) is 47.9 Å². The SMILES string of the molecule is COc1ccc(CSc2ccc(S(=O)(=O)N(C)C)cn2)cc1F. The van der Waals surface area contributed by atoms with Crippen LogP contribution in [0.3, 0.4) is 0 Å². The smallest absolute Gasteiger partial charge is 0.244 e. The number of halogens is 1. The molecule has 0 N–H and O–H groups in total. The third-order valence-electron chi connectivity index (χ3n) is 3.09. The second kappa shape index (κ2) is 7.29. The van der Waals surface area contributed by atoms with Gasteiger partial charge >= 0.3 is 0 Å². The molecule has 1 heterocycles. The molecule has 5 nitrogen and oxygen atoms in total. The van der Waals surface area contributed by atoms with Gasteiger partial charge in [-0.25, -0.2) is 22.1 Å². The molecular formula is C15H17FN2O3S2. The lowest BCUT2D eigenvalue weighted by Crippen LogP contribution is -2.22. The van der Waals surface area contributed by atoms with Crippen molar-refractivity contribution in [3.63, 3.8) is 0 Å². The molecular weight excluding hydrogens is 339 g/mol. The van der Waals surface area contributed by atoms with Crippen LogP contribution in [0, 0.1) is 5.82 Å². The summed E-state index contributed by atoms with van der Waals surface area (Å²) in [4.78, 5) is 4.28. The monoisotopic (exact) mass is 356 g/mol. The quantitative estimate of drug-likeness (QED) is 0.745. The molecule has 0 amide bonds. The summed E-state index contributed by atoms with van der Waals surface area (Å²) in [7, 11) is 0.878. The Bertz CT molecular complexity index is 778. The van der Waals surface area contributed by atoms with E-state index in [0.29, 0.717) is 10.8 Å². The van der Waals surface area contributed by atoms with Crippen molar-refractivity contribution in [2.24, 2.45) is 0 Å². The first-order chi connectivity index (χ1) is 10.8. The number of benzene rings is 1. The van der Waals surface area contributed by atoms with Crippen molar-refractivity contribution < 1.29 is 17.5 Å². The number of pyridine rings is 1. The summed E-state index contributed by atoms with van der Waals surface area (Å²) in [6.07, 6.45) is 1.33. The molecule has 0 spiro atoms. The maximum Gasteiger partial charge on any atom is 0.244 e. The summed E-state index contributed by atoms with van der Waals surface area (Å²) in [5.74, 6) is 0.314. The van der Waals surface area contributed by atoms with Gasteiger partial charge < -0.3 is 4.74 Å². The third-order valence-corrected chi connectivity index (χ3v) is 5.90. The fourth-order valence-electron chi connectivity index (χ4n) is 1.77. The van der Waals surface area contributed by atoms with Gasteiger partial charge in [-0.05, 0) is 29.8 Å². The lowest BCUT2D eigenvalue weighted by molar-refractivity contribution is 0.386. The predicted octanol–water partition coefficient (Wildman–Crippen LogP) is 2.77. The standard InChI is InChI=1S/C15H17FN2O3S2/c1-18(2)23(19,20)12-5-7-15(17-9-12)22-10-11-4-6-14(21-3)13(16)8-11/h4-9H,10H2,1-3H3. The number of nitrogens with zero attached hydrogens (tertiary/aromatic N) is 2. The number of sulfonamides is 1. The van der Waals surface area contributed by atoms with Crippen molar-refractivity contribution in [1.82, 2.24) is 9.29 Å². The zero-order valence-electron chi connectivity index (χ0n) is 13.0. The second-order valence-corrected chi connectivity index (χ2v) is 8.02. The van der Waals surface area contributed by atoms with Gasteiger partial charge in [-0.2, -0.15) is 0 Å². The van der Waals surface area contributed by atoms with Gasteiger partial charge in [0.15, 0.2) is 11.6 Å². The van der Waals surface area contributed by atoms with E-state index in [-0.39, 0.29) is 10.6 Å². The van der Waals surface area contributed by atoms with Gasteiger partial charge in [-0.15, -0.1) is 11.8 Å². The number of aromatic nitrogens is 1. The van der Waals surface area contributed by atoms with Crippen molar-refractivity contribution in [3.8, 4) is 5.75 Å². The predicted molar refractivity (Wildman–Crippen MR) is 87.6 cm³/mol. The minimum atomic E-state index is -3.48. The van der Waals surface area contributed by atoms with Gasteiger partial charge in [0.2, 0.25) is 10.0 Å². The van der Waals surface area contributed by atoms with E-state index in [1.54, 1.807) is 18.2 Å². The molecule has 0 fully saturated rings. The Morgan fingerprint density at radius 3 is 2.52 bits per heavy atom. The van der Waals surface area contributed by atoms with Crippen LogP contribution in [0.4, 0.5) is 4.39 Å². The first-order valence-corrected chi connectivity index (χ1v) is 9.11. The van der Waals surface area contributed by atoms with Crippen LogP contribution in [-0.2, 0) is 15.8 Å². The average Bonchev–Trinajstić information content (AvgIpc) is 2.53. The van der Waals surface area contributed by atoms with Crippen LogP contribution in [0.2, 0.25) is 0 Å². The fraction of sp³-hybridized carbons (Fsp3) is 0.267. The Hall–Kier alpha value is -1.64. The van der Waals surface area contributed by atoms with Crippen LogP contribution in [0.5, 0.6) is 5.75 Å². The first-order valence-electron chi connectivity index (χ1n) is 6.68. The van der Waals surface area contributed by atoms with Gasteiger partial charge in [0.25, 0.3) is 0 Å². The Kier molecular flexibility index (Phi) is 5.61. The van der Waals surface area contributed by atoms with Crippen molar-refractivity contribution >= 4 is 21.8 Å². The molecule has 124 valence electrons. The first kappa shape index (κ1) is 17.7. The van der Waals surface area contributed by atoms with E-state index in [9.17, 15) is 12.8 Å². The van der Waals surface area contributed by atoms with Gasteiger partial charge in [-0.1, -0.05) is 6.07 Å². The minimum Gasteiger partial charge on any atom is -0.494 e. The van der Waals surface area contributed by atoms with Gasteiger partial charge in [-0.3, -0.25) is 0 Å². The highest BCUT2D eigenvalue weighted by Gasteiger charge is 2.17. The number of rotatable bonds is 6. The molecule has 23 heavy (non-hydrogen) atoms. The van der Waals surface area contributed by atoms with Crippen LogP contribution < -0.4 is 4.74 Å². The fourth-order valence-corrected chi connectivity index (χ4v) is 3.41. The van der Waals surface area contributed by atoms with Gasteiger partial charge in [0.05, 0.1) is 12.1 Å². The number of ether oxygens (including phenoxy) is 1. The van der Waals surface area contributed by atoms with E-state index in [2.05, 4.69) is 4.98 Å². The molecule has 0 aliphatic heterocycles. The molecule has 0 saturated carbocycles. The van der Waals surface area contributed by atoms with E-state index in [1.165, 1.54) is 51.3 Å². The Labute approximate surface area is 139 Å². The van der Waals surface area contributed by atoms with E-state index >= 15 is 0 Å². The van der Waals surface area contributed by atoms with Gasteiger partial charge in [0, 0.05) is 26.0 Å². The molecule has 0 bridgehead atoms. The normalized spacial score (nSPS) is 11.7. The summed E-state index contributed by atoms with van der Waals surface area (Å²) in [6, 6.07) is 7.92. The lowest BCUT2D eigenvalue weighted by atomic mass is 10.2. The van der Waals surface area contributed by atoms with E-state index in [0.717, 1.165) is 9.87 Å². The van der Waals surface area contributed by atoms with Gasteiger partial charge in [0.1, 0.15) is 4.90 Å². The highest BCUT2D eigenvalue weighted by Crippen LogP contribution is 2.25. The molecule has 0 aliphatic carbocycles. The summed E-state index contributed by atoms with van der Waals surface area (Å²) in [5, 5.41) is 0.666. The van der Waals surface area contributed by atoms with E-state index in [1.807, 2.05) is 0 Å². The van der Waals surface area contributed by atoms with Crippen LogP contribution in [-0.4, -0.2) is 38.9 Å². The molecule has 8 heteroatoms. The Morgan fingerprint density at radius 1 is 1.26 bits per heavy atom. The molecule has 0 atom stereocenters. The van der Waals surface area contributed by atoms with Crippen LogP contribution in [0.1, 0.15) is 5.56 Å². The number of thioether (sulfide) groups is 1. The van der Waals surface area contributed by atoms with Crippen LogP contribution >= 0.6 is 11.8 Å². The lowest BCUT2D eigenvalue weighted by Gasteiger charge is -2.11. The topological polar surface area (TPSA) is 59.5 Å². The molecule has 0 radical (unpaired) electrons. The highest BCUT2D eigenvalue weighted by atomic mass is 32.2. The Balaban J connectivity index is 2.06. The van der Waals surface area contributed by atoms with Crippen molar-refractivity contribution in [2.45, 2.75) is 15.7 Å². The molecule has 2 aromatic rings. The molecule has 1 aromatic heterocycles. The summed E-state index contributed by atoms with van der Waals surface area (Å²) >= 11 is 1.40. The van der Waals surface area contributed by atoms with Crippen molar-refractivity contribution in [1.29, 1.82) is 0 Å². The highest BCUT2D eigenvalue weighted by molar-refractivity contribution is 7.98. The zero-order valence-corrected chi connectivity index (χ0v) is 14.6. The molecule has 2 rings (SSSR count). The zero-order chi connectivity index (χ0) is 17.0. The van der Waals surface area contributed by atoms with E-state index in [4.69, 9.17) is 4.74 Å². The maximum atomic E-state index is 13.6. The summed E-state index contributed by atoms with van der Waals surface area (Å²) in [5.41, 5.74) is 0.792. The number of methoxy groups -OCH3 is 1. The van der Waals surface area contributed by atoms with Crippen LogP contribution in [0.15, 0.2) is 46.5 Å². The maximum absolute atomic E-state index is 13.6. The van der Waals surface area contributed by atoms with Crippen LogP contribution in [0.25, 0.3) is 0 Å². The summed E-state index contributed by atoms with van der Waals surface area (Å²) in [6.45, 7) is 0. The third kappa shape index (κ3) is 4.21. The average molecular weight is 356 g/mol. The number of hydrogen-bond acceptors (Lipinski definition) is 5.